The summed E-state index contributed by atoms with van der Waals surface area (Å²) >= 11 is 0. The van der Waals surface area contributed by atoms with Crippen molar-refractivity contribution in [3.05, 3.63) is 29.3 Å². The van der Waals surface area contributed by atoms with Crippen molar-refractivity contribution in [1.82, 2.24) is 5.06 Å². The summed E-state index contributed by atoms with van der Waals surface area (Å²) in [7, 11) is 2.69. The number of benzene rings is 1. The average Bonchev–Trinajstić information content (AvgIpc) is 2.30. The second-order valence-corrected chi connectivity index (χ2v) is 4.12. The van der Waals surface area contributed by atoms with Crippen LogP contribution in [0.2, 0.25) is 0 Å². The number of hydrogen-bond acceptors (Lipinski definition) is 2. The van der Waals surface area contributed by atoms with Gasteiger partial charge >= 0.3 is 6.03 Å². The van der Waals surface area contributed by atoms with Crippen LogP contribution in [-0.2, 0) is 4.84 Å². The topological polar surface area (TPSA) is 41.6 Å². The molecule has 0 aliphatic heterocycles. The molecule has 0 bridgehead atoms. The first-order valence-electron chi connectivity index (χ1n) is 5.44. The highest BCUT2D eigenvalue weighted by Crippen LogP contribution is 2.28. The van der Waals surface area contributed by atoms with Crippen LogP contribution in [0.1, 0.15) is 25.3 Å². The van der Waals surface area contributed by atoms with Gasteiger partial charge < -0.3 is 5.32 Å². The lowest BCUT2D eigenvalue weighted by Crippen LogP contribution is -2.31. The highest BCUT2D eigenvalue weighted by Gasteiger charge is 2.18. The van der Waals surface area contributed by atoms with Gasteiger partial charge in [-0.3, -0.25) is 4.84 Å². The number of urea groups is 1. The molecule has 4 nitrogen and oxygen atoms in total. The predicted molar refractivity (Wildman–Crippen MR) is 64.2 cm³/mol. The molecule has 1 rings (SSSR count). The van der Waals surface area contributed by atoms with Crippen LogP contribution in [0.3, 0.4) is 0 Å². The molecule has 6 heteroatoms. The van der Waals surface area contributed by atoms with Gasteiger partial charge in [0.2, 0.25) is 0 Å². The molecule has 0 fully saturated rings. The summed E-state index contributed by atoms with van der Waals surface area (Å²) in [4.78, 5) is 16.3. The number of anilines is 1. The van der Waals surface area contributed by atoms with Gasteiger partial charge in [-0.2, -0.15) is 0 Å². The lowest BCUT2D eigenvalue weighted by molar-refractivity contribution is -0.0598. The summed E-state index contributed by atoms with van der Waals surface area (Å²) in [5.74, 6) is -1.61. The third kappa shape index (κ3) is 3.16. The quantitative estimate of drug-likeness (QED) is 0.846. The number of carbonyl (C=O) groups excluding carboxylic acids is 1. The molecule has 0 atom stereocenters. The normalized spacial score (nSPS) is 10.6. The van der Waals surface area contributed by atoms with Gasteiger partial charge in [0, 0.05) is 13.1 Å². The largest absolute Gasteiger partial charge is 0.345 e. The van der Waals surface area contributed by atoms with Crippen LogP contribution < -0.4 is 5.32 Å². The molecule has 1 N–H and O–H groups in total. The Bertz CT molecular complexity index is 450. The van der Waals surface area contributed by atoms with Gasteiger partial charge in [-0.25, -0.2) is 18.6 Å². The minimum atomic E-state index is -0.809. The molecule has 0 spiro atoms. The van der Waals surface area contributed by atoms with Gasteiger partial charge in [-0.05, 0) is 17.5 Å². The van der Waals surface area contributed by atoms with Crippen molar-refractivity contribution in [2.75, 3.05) is 19.5 Å². The molecular formula is C12H16F2N2O2. The van der Waals surface area contributed by atoms with Crippen molar-refractivity contribution in [3.63, 3.8) is 0 Å². The van der Waals surface area contributed by atoms with E-state index in [1.807, 2.05) is 0 Å². The maximum atomic E-state index is 13.7. The molecule has 1 aromatic rings. The molecule has 1 aromatic carbocycles. The summed E-state index contributed by atoms with van der Waals surface area (Å²) in [6, 6.07) is 1.30. The number of rotatable bonds is 3. The van der Waals surface area contributed by atoms with Crippen LogP contribution in [0, 0.1) is 11.6 Å². The van der Waals surface area contributed by atoms with Crippen molar-refractivity contribution in [2.24, 2.45) is 0 Å². The molecule has 0 heterocycles. The molecule has 0 aromatic heterocycles. The molecule has 0 unspecified atom stereocenters. The standard InChI is InChI=1S/C12H16F2N2O2/c1-7(2)9-5-8(13)6-10(14)11(9)15-12(17)16(3)18-4/h5-7H,1-4H3,(H,15,17). The zero-order valence-electron chi connectivity index (χ0n) is 10.8. The number of hydroxylamine groups is 2. The van der Waals surface area contributed by atoms with E-state index in [0.29, 0.717) is 5.56 Å². The molecule has 2 amide bonds. The molecule has 0 radical (unpaired) electrons. The van der Waals surface area contributed by atoms with E-state index in [1.54, 1.807) is 13.8 Å². The van der Waals surface area contributed by atoms with E-state index in [-0.39, 0.29) is 11.6 Å². The van der Waals surface area contributed by atoms with E-state index in [1.165, 1.54) is 20.2 Å². The zero-order chi connectivity index (χ0) is 13.9. The van der Waals surface area contributed by atoms with Crippen LogP contribution in [0.4, 0.5) is 19.3 Å². The maximum absolute atomic E-state index is 13.7. The Morgan fingerprint density at radius 2 is 2.00 bits per heavy atom. The molecule has 18 heavy (non-hydrogen) atoms. The van der Waals surface area contributed by atoms with E-state index in [9.17, 15) is 13.6 Å². The molecular weight excluding hydrogens is 242 g/mol. The zero-order valence-corrected chi connectivity index (χ0v) is 10.8. The predicted octanol–water partition coefficient (Wildman–Crippen LogP) is 3.11. The first-order chi connectivity index (χ1) is 8.36. The molecule has 0 aliphatic carbocycles. The van der Waals surface area contributed by atoms with E-state index in [4.69, 9.17) is 0 Å². The molecule has 100 valence electrons. The van der Waals surface area contributed by atoms with E-state index >= 15 is 0 Å². The highest BCUT2D eigenvalue weighted by molar-refractivity contribution is 5.89. The second kappa shape index (κ2) is 5.77. The van der Waals surface area contributed by atoms with Crippen LogP contribution in [0.25, 0.3) is 0 Å². The van der Waals surface area contributed by atoms with Crippen molar-refractivity contribution >= 4 is 11.7 Å². The van der Waals surface area contributed by atoms with Gasteiger partial charge in [0.15, 0.2) is 0 Å². The van der Waals surface area contributed by atoms with E-state index in [0.717, 1.165) is 11.1 Å². The number of nitrogens with zero attached hydrogens (tertiary/aromatic N) is 1. The maximum Gasteiger partial charge on any atom is 0.345 e. The molecule has 0 aliphatic rings. The van der Waals surface area contributed by atoms with Crippen LogP contribution in [-0.4, -0.2) is 25.3 Å². The Morgan fingerprint density at radius 3 is 2.50 bits per heavy atom. The fraction of sp³-hybridized carbons (Fsp3) is 0.417. The fourth-order valence-electron chi connectivity index (χ4n) is 1.45. The summed E-state index contributed by atoms with van der Waals surface area (Å²) in [6.45, 7) is 3.56. The fourth-order valence-corrected chi connectivity index (χ4v) is 1.45. The number of hydrogen-bond donors (Lipinski definition) is 1. The van der Waals surface area contributed by atoms with Gasteiger partial charge in [-0.15, -0.1) is 0 Å². The van der Waals surface area contributed by atoms with Crippen LogP contribution in [0.5, 0.6) is 0 Å². The Hall–Kier alpha value is -1.69. The minimum Gasteiger partial charge on any atom is -0.303 e. The summed E-state index contributed by atoms with van der Waals surface area (Å²) in [5, 5.41) is 3.27. The molecule has 0 saturated carbocycles. The Labute approximate surface area is 104 Å². The Balaban J connectivity index is 3.11. The van der Waals surface area contributed by atoms with E-state index in [2.05, 4.69) is 10.2 Å². The SMILES string of the molecule is CON(C)C(=O)Nc1c(F)cc(F)cc1C(C)C. The number of nitrogens with one attached hydrogen (secondary N) is 1. The monoisotopic (exact) mass is 258 g/mol. The first-order valence-corrected chi connectivity index (χ1v) is 5.44. The lowest BCUT2D eigenvalue weighted by atomic mass is 10.0. The number of amides is 2. The van der Waals surface area contributed by atoms with Crippen LogP contribution >= 0.6 is 0 Å². The summed E-state index contributed by atoms with van der Waals surface area (Å²) in [6.07, 6.45) is 0. The van der Waals surface area contributed by atoms with Crippen molar-refractivity contribution in [2.45, 2.75) is 19.8 Å². The third-order valence-corrected chi connectivity index (χ3v) is 2.50. The number of carbonyl (C=O) groups is 1. The summed E-state index contributed by atoms with van der Waals surface area (Å²) < 4.78 is 26.8. The third-order valence-electron chi connectivity index (χ3n) is 2.50. The van der Waals surface area contributed by atoms with Gasteiger partial charge in [-0.1, -0.05) is 13.8 Å². The average molecular weight is 258 g/mol. The van der Waals surface area contributed by atoms with Gasteiger partial charge in [0.25, 0.3) is 0 Å². The molecule has 0 saturated heterocycles. The van der Waals surface area contributed by atoms with Crippen molar-refractivity contribution in [3.8, 4) is 0 Å². The van der Waals surface area contributed by atoms with Crippen molar-refractivity contribution in [1.29, 1.82) is 0 Å². The smallest absolute Gasteiger partial charge is 0.303 e. The van der Waals surface area contributed by atoms with Gasteiger partial charge in [0.05, 0.1) is 12.8 Å². The first kappa shape index (κ1) is 14.4. The Kier molecular flexibility index (Phi) is 4.61. The minimum absolute atomic E-state index is 0.0275. The highest BCUT2D eigenvalue weighted by atomic mass is 19.1. The Morgan fingerprint density at radius 1 is 1.39 bits per heavy atom. The van der Waals surface area contributed by atoms with Crippen molar-refractivity contribution < 1.29 is 18.4 Å². The lowest BCUT2D eigenvalue weighted by Gasteiger charge is -2.18. The summed E-state index contributed by atoms with van der Waals surface area (Å²) in [5.41, 5.74) is 0.366. The second-order valence-electron chi connectivity index (χ2n) is 4.12. The van der Waals surface area contributed by atoms with E-state index < -0.39 is 17.7 Å². The number of halogens is 2. The van der Waals surface area contributed by atoms with Crippen LogP contribution in [0.15, 0.2) is 12.1 Å². The van der Waals surface area contributed by atoms with Gasteiger partial charge in [0.1, 0.15) is 11.6 Å².